The van der Waals surface area contributed by atoms with Gasteiger partial charge in [0, 0.05) is 24.5 Å². The van der Waals surface area contributed by atoms with Crippen LogP contribution in [-0.4, -0.2) is 28.6 Å². The Bertz CT molecular complexity index is 1330. The van der Waals surface area contributed by atoms with Gasteiger partial charge in [-0.3, -0.25) is 4.79 Å². The first kappa shape index (κ1) is 26.7. The fourth-order valence-electron chi connectivity index (χ4n) is 4.47. The van der Waals surface area contributed by atoms with Crippen molar-refractivity contribution < 1.29 is 9.53 Å². The molecule has 0 aliphatic rings. The van der Waals surface area contributed by atoms with Crippen molar-refractivity contribution in [3.8, 4) is 5.75 Å². The number of halogens is 1. The van der Waals surface area contributed by atoms with Crippen LogP contribution in [-0.2, 0) is 24.2 Å². The van der Waals surface area contributed by atoms with E-state index in [1.54, 1.807) is 0 Å². The molecular weight excluding hydrogens is 482 g/mol. The molecule has 0 unspecified atom stereocenters. The Balaban J connectivity index is 1.22. The molecule has 0 saturated heterocycles. The average molecular weight is 518 g/mol. The second-order valence-electron chi connectivity index (χ2n) is 9.55. The maximum Gasteiger partial charge on any atom is 0.224 e. The van der Waals surface area contributed by atoms with E-state index in [1.807, 2.05) is 36.4 Å². The number of aryl methyl sites for hydroxylation is 4. The number of hydrogen-bond acceptors (Lipinski definition) is 3. The van der Waals surface area contributed by atoms with Crippen LogP contribution in [0.25, 0.3) is 11.0 Å². The minimum Gasteiger partial charge on any atom is -0.494 e. The number of hydrogen-bond donors (Lipinski definition) is 1. The lowest BCUT2D eigenvalue weighted by molar-refractivity contribution is -0.120. The average Bonchev–Trinajstić information content (AvgIpc) is 3.24. The number of ether oxygens (including phenoxy) is 1. The van der Waals surface area contributed by atoms with Crippen LogP contribution in [0.3, 0.4) is 0 Å². The highest BCUT2D eigenvalue weighted by Gasteiger charge is 2.11. The number of nitrogens with zero attached hydrogens (tertiary/aromatic N) is 2. The van der Waals surface area contributed by atoms with E-state index in [2.05, 4.69) is 54.1 Å². The Morgan fingerprint density at radius 3 is 2.59 bits per heavy atom. The Morgan fingerprint density at radius 2 is 1.76 bits per heavy atom. The molecule has 0 aliphatic carbocycles. The zero-order valence-corrected chi connectivity index (χ0v) is 22.6. The van der Waals surface area contributed by atoms with Gasteiger partial charge in [-0.05, 0) is 80.1 Å². The molecule has 4 aromatic rings. The van der Waals surface area contributed by atoms with Crippen LogP contribution >= 0.6 is 11.6 Å². The molecule has 0 bridgehead atoms. The molecule has 4 rings (SSSR count). The molecule has 1 heterocycles. The third-order valence-electron chi connectivity index (χ3n) is 6.71. The number of amides is 1. The van der Waals surface area contributed by atoms with Gasteiger partial charge in [0.1, 0.15) is 11.6 Å². The quantitative estimate of drug-likeness (QED) is 0.197. The van der Waals surface area contributed by atoms with E-state index in [0.29, 0.717) is 24.6 Å². The lowest BCUT2D eigenvalue weighted by atomic mass is 10.1. The number of para-hydroxylation sites is 2. The molecule has 0 atom stereocenters. The Kier molecular flexibility index (Phi) is 9.61. The number of fused-ring (bicyclic) bond motifs is 1. The number of carbonyl (C=O) groups is 1. The maximum absolute atomic E-state index is 12.2. The summed E-state index contributed by atoms with van der Waals surface area (Å²) in [5.41, 5.74) is 5.61. The van der Waals surface area contributed by atoms with Crippen LogP contribution in [0.4, 0.5) is 0 Å². The van der Waals surface area contributed by atoms with Crippen molar-refractivity contribution in [2.75, 3.05) is 13.2 Å². The predicted octanol–water partition coefficient (Wildman–Crippen LogP) is 6.85. The van der Waals surface area contributed by atoms with Crippen molar-refractivity contribution in [3.63, 3.8) is 0 Å². The molecule has 0 spiro atoms. The van der Waals surface area contributed by atoms with Crippen LogP contribution in [0.2, 0.25) is 5.02 Å². The van der Waals surface area contributed by atoms with Gasteiger partial charge in [-0.15, -0.1) is 0 Å². The van der Waals surface area contributed by atoms with Crippen molar-refractivity contribution in [3.05, 3.63) is 94.3 Å². The second-order valence-corrected chi connectivity index (χ2v) is 9.95. The Labute approximate surface area is 224 Å². The van der Waals surface area contributed by atoms with E-state index in [9.17, 15) is 4.79 Å². The van der Waals surface area contributed by atoms with Crippen LogP contribution in [0.15, 0.2) is 66.7 Å². The largest absolute Gasteiger partial charge is 0.494 e. The summed E-state index contributed by atoms with van der Waals surface area (Å²) in [5, 5.41) is 3.65. The number of carbonyl (C=O) groups excluding carboxylic acids is 1. The molecule has 0 radical (unpaired) electrons. The highest BCUT2D eigenvalue weighted by Crippen LogP contribution is 2.20. The maximum atomic E-state index is 12.2. The van der Waals surface area contributed by atoms with Gasteiger partial charge in [0.05, 0.1) is 24.1 Å². The Morgan fingerprint density at radius 1 is 0.946 bits per heavy atom. The van der Waals surface area contributed by atoms with Gasteiger partial charge in [0.2, 0.25) is 5.91 Å². The molecule has 0 aliphatic heterocycles. The smallest absolute Gasteiger partial charge is 0.224 e. The summed E-state index contributed by atoms with van der Waals surface area (Å²) in [6, 6.07) is 22.1. The van der Waals surface area contributed by atoms with Crippen LogP contribution in [0.5, 0.6) is 5.75 Å². The molecular formula is C31H36ClN3O2. The minimum atomic E-state index is 0.0120. The molecule has 5 nitrogen and oxygen atoms in total. The number of nitrogens with one attached hydrogen (secondary N) is 1. The molecule has 3 aromatic carbocycles. The van der Waals surface area contributed by atoms with Crippen molar-refractivity contribution >= 4 is 28.5 Å². The second kappa shape index (κ2) is 13.3. The third kappa shape index (κ3) is 7.59. The van der Waals surface area contributed by atoms with Gasteiger partial charge in [-0.1, -0.05) is 54.4 Å². The van der Waals surface area contributed by atoms with E-state index in [-0.39, 0.29) is 5.91 Å². The predicted molar refractivity (Wildman–Crippen MR) is 151 cm³/mol. The summed E-state index contributed by atoms with van der Waals surface area (Å²) in [5.74, 6) is 2.06. The van der Waals surface area contributed by atoms with E-state index in [0.717, 1.165) is 61.3 Å². The molecule has 194 valence electrons. The Hall–Kier alpha value is -3.31. The van der Waals surface area contributed by atoms with Crippen LogP contribution in [0.1, 0.15) is 48.2 Å². The lowest BCUT2D eigenvalue weighted by Gasteiger charge is -2.11. The summed E-state index contributed by atoms with van der Waals surface area (Å²) >= 11 is 6.16. The summed E-state index contributed by atoms with van der Waals surface area (Å²) in [7, 11) is 0. The topological polar surface area (TPSA) is 56.1 Å². The number of aromatic nitrogens is 2. The molecule has 1 aromatic heterocycles. The fraction of sp³-hybridized carbons (Fsp3) is 0.355. The normalized spacial score (nSPS) is 11.1. The van der Waals surface area contributed by atoms with Crippen molar-refractivity contribution in [2.24, 2.45) is 0 Å². The third-order valence-corrected chi connectivity index (χ3v) is 7.08. The standard InChI is InChI=1S/C31H36ClN3O2/c1-23-16-17-26(21-24(23)2)37-20-10-19-35-29-14-8-7-13-28(29)34-30(35)15-4-3-9-18-33-31(36)22-25-11-5-6-12-27(25)32/h5-8,11-14,16-17,21H,3-4,9-10,15,18-20,22H2,1-2H3,(H,33,36). The molecule has 37 heavy (non-hydrogen) atoms. The van der Waals surface area contributed by atoms with Gasteiger partial charge in [0.15, 0.2) is 0 Å². The van der Waals surface area contributed by atoms with E-state index in [1.165, 1.54) is 16.6 Å². The van der Waals surface area contributed by atoms with E-state index in [4.69, 9.17) is 21.3 Å². The number of unbranched alkanes of at least 4 members (excludes halogenated alkanes) is 2. The summed E-state index contributed by atoms with van der Waals surface area (Å²) < 4.78 is 8.34. The molecule has 6 heteroatoms. The van der Waals surface area contributed by atoms with Crippen LogP contribution < -0.4 is 10.1 Å². The zero-order valence-electron chi connectivity index (χ0n) is 21.8. The van der Waals surface area contributed by atoms with Gasteiger partial charge < -0.3 is 14.6 Å². The zero-order chi connectivity index (χ0) is 26.0. The van der Waals surface area contributed by atoms with E-state index >= 15 is 0 Å². The highest BCUT2D eigenvalue weighted by atomic mass is 35.5. The van der Waals surface area contributed by atoms with Crippen molar-refractivity contribution in [1.82, 2.24) is 14.9 Å². The number of imidazole rings is 1. The molecule has 1 amide bonds. The summed E-state index contributed by atoms with van der Waals surface area (Å²) in [4.78, 5) is 17.1. The van der Waals surface area contributed by atoms with Gasteiger partial charge >= 0.3 is 0 Å². The summed E-state index contributed by atoms with van der Waals surface area (Å²) in [6.45, 7) is 6.45. The lowest BCUT2D eigenvalue weighted by Crippen LogP contribution is -2.26. The first-order chi connectivity index (χ1) is 18.0. The van der Waals surface area contributed by atoms with Crippen molar-refractivity contribution in [1.29, 1.82) is 0 Å². The van der Waals surface area contributed by atoms with Crippen LogP contribution in [0, 0.1) is 13.8 Å². The molecule has 1 N–H and O–H groups in total. The monoisotopic (exact) mass is 517 g/mol. The van der Waals surface area contributed by atoms with Gasteiger partial charge in [0.25, 0.3) is 0 Å². The minimum absolute atomic E-state index is 0.0120. The SMILES string of the molecule is Cc1ccc(OCCCn2c(CCCCCNC(=O)Cc3ccccc3Cl)nc3ccccc32)cc1C. The first-order valence-corrected chi connectivity index (χ1v) is 13.5. The first-order valence-electron chi connectivity index (χ1n) is 13.2. The fourth-order valence-corrected chi connectivity index (χ4v) is 4.67. The van der Waals surface area contributed by atoms with E-state index < -0.39 is 0 Å². The molecule has 0 saturated carbocycles. The number of rotatable bonds is 13. The molecule has 0 fully saturated rings. The highest BCUT2D eigenvalue weighted by molar-refractivity contribution is 6.31. The van der Waals surface area contributed by atoms with Crippen molar-refractivity contribution in [2.45, 2.75) is 58.9 Å². The number of benzene rings is 3. The summed E-state index contributed by atoms with van der Waals surface area (Å²) in [6.07, 6.45) is 5.15. The van der Waals surface area contributed by atoms with Gasteiger partial charge in [-0.25, -0.2) is 4.98 Å². The van der Waals surface area contributed by atoms with Gasteiger partial charge in [-0.2, -0.15) is 0 Å².